The molecule has 0 aliphatic heterocycles. The van der Waals surface area contributed by atoms with E-state index in [2.05, 4.69) is 21.6 Å². The van der Waals surface area contributed by atoms with Gasteiger partial charge in [-0.15, -0.1) is 21.5 Å². The number of benzene rings is 2. The molecule has 32 heavy (non-hydrogen) atoms. The first-order valence-corrected chi connectivity index (χ1v) is 12.1. The molecule has 6 nitrogen and oxygen atoms in total. The summed E-state index contributed by atoms with van der Waals surface area (Å²) in [4.78, 5) is 13.6. The molecule has 0 fully saturated rings. The van der Waals surface area contributed by atoms with E-state index in [0.29, 0.717) is 11.8 Å². The van der Waals surface area contributed by atoms with E-state index in [1.54, 1.807) is 11.3 Å². The number of thiophene rings is 1. The van der Waals surface area contributed by atoms with Crippen LogP contribution >= 0.6 is 23.1 Å². The molecule has 0 saturated carbocycles. The van der Waals surface area contributed by atoms with Crippen molar-refractivity contribution in [2.24, 2.45) is 0 Å². The van der Waals surface area contributed by atoms with Gasteiger partial charge >= 0.3 is 0 Å². The molecule has 0 saturated heterocycles. The zero-order chi connectivity index (χ0) is 22.5. The SMILES string of the molecule is CCOc1ccc(-n2c(SCC(=O)Nc3ccc(C)cc3C)nnc2-c2cccs2)cc1. The fourth-order valence-electron chi connectivity index (χ4n) is 3.29. The van der Waals surface area contributed by atoms with Crippen LogP contribution in [0.2, 0.25) is 0 Å². The van der Waals surface area contributed by atoms with Gasteiger partial charge in [-0.1, -0.05) is 35.5 Å². The van der Waals surface area contributed by atoms with E-state index >= 15 is 0 Å². The van der Waals surface area contributed by atoms with Crippen LogP contribution in [0.1, 0.15) is 18.1 Å². The molecule has 0 atom stereocenters. The standard InChI is InChI=1S/C24H24N4O2S2/c1-4-30-19-10-8-18(9-11-19)28-23(21-6-5-13-31-21)26-27-24(28)32-15-22(29)25-20-12-7-16(2)14-17(20)3/h5-14H,4,15H2,1-3H3,(H,25,29). The lowest BCUT2D eigenvalue weighted by atomic mass is 10.1. The van der Waals surface area contributed by atoms with Crippen LogP contribution in [0, 0.1) is 13.8 Å². The first-order valence-electron chi connectivity index (χ1n) is 10.3. The minimum Gasteiger partial charge on any atom is -0.494 e. The summed E-state index contributed by atoms with van der Waals surface area (Å²) in [5.74, 6) is 1.71. The number of ether oxygens (including phenoxy) is 1. The molecule has 164 valence electrons. The van der Waals surface area contributed by atoms with Crippen LogP contribution in [0.25, 0.3) is 16.4 Å². The average Bonchev–Trinajstić information content (AvgIpc) is 3.45. The summed E-state index contributed by atoms with van der Waals surface area (Å²) in [6.45, 7) is 6.60. The molecule has 0 radical (unpaired) electrons. The summed E-state index contributed by atoms with van der Waals surface area (Å²) < 4.78 is 7.55. The molecule has 2 heterocycles. The number of hydrogen-bond donors (Lipinski definition) is 1. The third-order valence-corrected chi connectivity index (χ3v) is 6.56. The Morgan fingerprint density at radius 2 is 1.94 bits per heavy atom. The number of carbonyl (C=O) groups excluding carboxylic acids is 1. The number of anilines is 1. The van der Waals surface area contributed by atoms with Gasteiger partial charge in [0.15, 0.2) is 11.0 Å². The van der Waals surface area contributed by atoms with Gasteiger partial charge in [0.2, 0.25) is 5.91 Å². The topological polar surface area (TPSA) is 69.0 Å². The maximum Gasteiger partial charge on any atom is 0.234 e. The molecule has 1 amide bonds. The predicted molar refractivity (Wildman–Crippen MR) is 131 cm³/mol. The van der Waals surface area contributed by atoms with Crippen LogP contribution in [0.5, 0.6) is 5.75 Å². The Hall–Kier alpha value is -3.10. The largest absolute Gasteiger partial charge is 0.494 e. The van der Waals surface area contributed by atoms with Gasteiger partial charge in [-0.2, -0.15) is 0 Å². The molecule has 4 rings (SSSR count). The first-order chi connectivity index (χ1) is 15.5. The van der Waals surface area contributed by atoms with E-state index in [0.717, 1.165) is 33.4 Å². The van der Waals surface area contributed by atoms with Crippen LogP contribution in [0.15, 0.2) is 65.1 Å². The van der Waals surface area contributed by atoms with E-state index < -0.39 is 0 Å². The van der Waals surface area contributed by atoms with E-state index in [1.807, 2.05) is 79.2 Å². The van der Waals surface area contributed by atoms with Crippen LogP contribution in [0.3, 0.4) is 0 Å². The summed E-state index contributed by atoms with van der Waals surface area (Å²) in [6, 6.07) is 17.8. The maximum absolute atomic E-state index is 12.6. The number of rotatable bonds is 8. The predicted octanol–water partition coefficient (Wildman–Crippen LogP) is 5.74. The molecule has 2 aromatic carbocycles. The molecule has 0 spiro atoms. The quantitative estimate of drug-likeness (QED) is 0.337. The summed E-state index contributed by atoms with van der Waals surface area (Å²) in [7, 11) is 0. The molecule has 0 unspecified atom stereocenters. The third-order valence-electron chi connectivity index (χ3n) is 4.77. The van der Waals surface area contributed by atoms with Gasteiger partial charge in [0.1, 0.15) is 5.75 Å². The summed E-state index contributed by atoms with van der Waals surface area (Å²) in [5.41, 5.74) is 3.95. The van der Waals surface area contributed by atoms with Gasteiger partial charge in [-0.25, -0.2) is 0 Å². The second-order valence-corrected chi connectivity index (χ2v) is 9.09. The van der Waals surface area contributed by atoms with Crippen molar-refractivity contribution in [2.75, 3.05) is 17.7 Å². The molecular weight excluding hydrogens is 440 g/mol. The third kappa shape index (κ3) is 5.03. The molecule has 1 N–H and O–H groups in total. The van der Waals surface area contributed by atoms with Crippen molar-refractivity contribution in [3.05, 3.63) is 71.1 Å². The van der Waals surface area contributed by atoms with Crippen molar-refractivity contribution in [2.45, 2.75) is 25.9 Å². The highest BCUT2D eigenvalue weighted by Gasteiger charge is 2.18. The number of thioether (sulfide) groups is 1. The Morgan fingerprint density at radius 3 is 2.62 bits per heavy atom. The van der Waals surface area contributed by atoms with Crippen LogP contribution in [-0.4, -0.2) is 33.0 Å². The molecular formula is C24H24N4O2S2. The Balaban J connectivity index is 1.56. The number of aryl methyl sites for hydroxylation is 2. The van der Waals surface area contributed by atoms with Gasteiger partial charge in [0.05, 0.1) is 22.9 Å². The van der Waals surface area contributed by atoms with Crippen LogP contribution < -0.4 is 10.1 Å². The highest BCUT2D eigenvalue weighted by Crippen LogP contribution is 2.31. The maximum atomic E-state index is 12.6. The monoisotopic (exact) mass is 464 g/mol. The Kier molecular flexibility index (Phi) is 6.92. The number of hydrogen-bond acceptors (Lipinski definition) is 6. The molecule has 2 aromatic heterocycles. The highest BCUT2D eigenvalue weighted by molar-refractivity contribution is 7.99. The van der Waals surface area contributed by atoms with Crippen molar-refractivity contribution in [3.8, 4) is 22.1 Å². The summed E-state index contributed by atoms with van der Waals surface area (Å²) in [6.07, 6.45) is 0. The van der Waals surface area contributed by atoms with Crippen LogP contribution in [0.4, 0.5) is 5.69 Å². The van der Waals surface area contributed by atoms with Crippen molar-refractivity contribution in [1.82, 2.24) is 14.8 Å². The number of nitrogens with zero attached hydrogens (tertiary/aromatic N) is 3. The van der Waals surface area contributed by atoms with Gasteiger partial charge in [0, 0.05) is 5.69 Å². The lowest BCUT2D eigenvalue weighted by Gasteiger charge is -2.11. The van der Waals surface area contributed by atoms with E-state index in [-0.39, 0.29) is 11.7 Å². The molecule has 0 aliphatic carbocycles. The van der Waals surface area contributed by atoms with Crippen molar-refractivity contribution >= 4 is 34.7 Å². The van der Waals surface area contributed by atoms with E-state index in [4.69, 9.17) is 4.74 Å². The minimum atomic E-state index is -0.0825. The zero-order valence-electron chi connectivity index (χ0n) is 18.2. The second kappa shape index (κ2) is 10.0. The van der Waals surface area contributed by atoms with Gasteiger partial charge < -0.3 is 10.1 Å². The summed E-state index contributed by atoms with van der Waals surface area (Å²) >= 11 is 2.96. The van der Waals surface area contributed by atoms with Crippen LogP contribution in [-0.2, 0) is 4.79 Å². The second-order valence-electron chi connectivity index (χ2n) is 7.20. The minimum absolute atomic E-state index is 0.0825. The number of amides is 1. The number of carbonyl (C=O) groups is 1. The van der Waals surface area contributed by atoms with Gasteiger partial charge in [-0.3, -0.25) is 9.36 Å². The fourth-order valence-corrected chi connectivity index (χ4v) is 4.74. The van der Waals surface area contributed by atoms with Gasteiger partial charge in [-0.05, 0) is 68.1 Å². The lowest BCUT2D eigenvalue weighted by molar-refractivity contribution is -0.113. The highest BCUT2D eigenvalue weighted by atomic mass is 32.2. The Bertz CT molecular complexity index is 1200. The number of aromatic nitrogens is 3. The molecule has 4 aromatic rings. The molecule has 0 bridgehead atoms. The van der Waals surface area contributed by atoms with Crippen molar-refractivity contribution < 1.29 is 9.53 Å². The Morgan fingerprint density at radius 1 is 1.12 bits per heavy atom. The first kappa shape index (κ1) is 22.1. The number of nitrogens with one attached hydrogen (secondary N) is 1. The zero-order valence-corrected chi connectivity index (χ0v) is 19.8. The smallest absolute Gasteiger partial charge is 0.234 e. The lowest BCUT2D eigenvalue weighted by Crippen LogP contribution is -2.15. The molecule has 8 heteroatoms. The molecule has 0 aliphatic rings. The van der Waals surface area contributed by atoms with E-state index in [9.17, 15) is 4.79 Å². The normalized spacial score (nSPS) is 10.8. The Labute approximate surface area is 195 Å². The fraction of sp³-hybridized carbons (Fsp3) is 0.208. The van der Waals surface area contributed by atoms with Crippen molar-refractivity contribution in [1.29, 1.82) is 0 Å². The summed E-state index contributed by atoms with van der Waals surface area (Å²) in [5, 5.41) is 14.5. The van der Waals surface area contributed by atoms with Gasteiger partial charge in [0.25, 0.3) is 0 Å². The van der Waals surface area contributed by atoms with Crippen molar-refractivity contribution in [3.63, 3.8) is 0 Å². The average molecular weight is 465 g/mol. The van der Waals surface area contributed by atoms with E-state index in [1.165, 1.54) is 17.3 Å².